The second-order valence-corrected chi connectivity index (χ2v) is 21.2. The van der Waals surface area contributed by atoms with Crippen LogP contribution in [-0.4, -0.2) is 130 Å². The van der Waals surface area contributed by atoms with Crippen LogP contribution in [0, 0.1) is 33.1 Å². The van der Waals surface area contributed by atoms with Crippen molar-refractivity contribution in [3.05, 3.63) is 104 Å². The SMILES string of the molecule is CNC[C@H](NC(=O)[C@@H]1C[C@@H](O)CN1C(=O)[C@@H](NC(=O)COCCCOCCNC(=O)C[C@@H]1N=C(c2ccc(Cl)cc2)c2c(sc(C)c2C)-n2c(C)nnc21)C(C)(C)C)c1ccc(-c2scnc2C)cc1. The summed E-state index contributed by atoms with van der Waals surface area (Å²) in [5.74, 6) is -0.242. The molecule has 374 valence electrons. The number of fused-ring (bicyclic) bond motifs is 3. The molecule has 0 aliphatic carbocycles. The predicted octanol–water partition coefficient (Wildman–Crippen LogP) is 5.73. The lowest BCUT2D eigenvalue weighted by Gasteiger charge is -2.35. The molecule has 5 aromatic rings. The number of hydrogen-bond donors (Lipinski definition) is 5. The smallest absolute Gasteiger partial charge is 0.246 e. The maximum Gasteiger partial charge on any atom is 0.246 e. The van der Waals surface area contributed by atoms with Crippen LogP contribution in [0.2, 0.25) is 5.02 Å². The van der Waals surface area contributed by atoms with Crippen molar-refractivity contribution in [1.82, 2.24) is 45.9 Å². The second kappa shape index (κ2) is 23.2. The average Bonchev–Trinajstić information content (AvgIpc) is 4.09. The zero-order valence-electron chi connectivity index (χ0n) is 40.9. The van der Waals surface area contributed by atoms with Crippen molar-refractivity contribution in [1.29, 1.82) is 0 Å². The van der Waals surface area contributed by atoms with E-state index in [1.54, 1.807) is 29.7 Å². The fourth-order valence-electron chi connectivity index (χ4n) is 8.67. The normalized spacial score (nSPS) is 17.5. The Morgan fingerprint density at radius 3 is 2.33 bits per heavy atom. The number of aromatic nitrogens is 4. The molecule has 0 unspecified atom stereocenters. The van der Waals surface area contributed by atoms with Crippen LogP contribution < -0.4 is 21.3 Å². The number of aliphatic imine (C=N–C) groups is 1. The minimum Gasteiger partial charge on any atom is -0.391 e. The van der Waals surface area contributed by atoms with Crippen LogP contribution in [0.15, 0.2) is 59.0 Å². The van der Waals surface area contributed by atoms with Crippen LogP contribution in [0.1, 0.15) is 96.6 Å². The van der Waals surface area contributed by atoms with E-state index in [-0.39, 0.29) is 51.7 Å². The predicted molar refractivity (Wildman–Crippen MR) is 272 cm³/mol. The standard InChI is InChI=1S/C50H63ClN10O7S2/c1-28-30(3)70-49-42(28)43(33-14-16-35(51)17-15-33)55-37(46-59-58-31(4)61(46)49)23-40(63)53-18-21-67-19-9-20-68-26-41(64)57-45(50(5,6)7)48(66)60-25-36(62)22-39(60)47(65)56-38(24-52-8)32-10-12-34(13-11-32)44-29(2)54-27-69-44/h10-17,27,36-39,45,52,62H,9,18-26H2,1-8H3,(H,53,63)(H,56,65)(H,57,64)/t36-,37+,38+,39+,45-/m1/s1. The van der Waals surface area contributed by atoms with Gasteiger partial charge in [-0.3, -0.25) is 28.7 Å². The van der Waals surface area contributed by atoms with Crippen LogP contribution >= 0.6 is 34.3 Å². The number of aliphatic hydroxyl groups is 1. The molecule has 1 fully saturated rings. The molecule has 20 heteroatoms. The molecule has 0 saturated carbocycles. The molecule has 70 heavy (non-hydrogen) atoms. The van der Waals surface area contributed by atoms with Crippen molar-refractivity contribution in [2.75, 3.05) is 53.1 Å². The van der Waals surface area contributed by atoms with Crippen LogP contribution in [0.4, 0.5) is 0 Å². The Balaban J connectivity index is 0.852. The maximum atomic E-state index is 14.2. The van der Waals surface area contributed by atoms with Gasteiger partial charge < -0.3 is 40.7 Å². The lowest BCUT2D eigenvalue weighted by atomic mass is 9.85. The van der Waals surface area contributed by atoms with Crippen molar-refractivity contribution < 1.29 is 33.8 Å². The largest absolute Gasteiger partial charge is 0.391 e. The molecule has 17 nitrogen and oxygen atoms in total. The number of likely N-dealkylation sites (N-methyl/N-ethyl adjacent to an activating group) is 1. The van der Waals surface area contributed by atoms with E-state index in [9.17, 15) is 24.3 Å². The number of carbonyl (C=O) groups excluding carboxylic acids is 4. The molecule has 5 atom stereocenters. The Morgan fingerprint density at radius 1 is 0.929 bits per heavy atom. The van der Waals surface area contributed by atoms with Gasteiger partial charge in [0.15, 0.2) is 5.82 Å². The highest BCUT2D eigenvalue weighted by molar-refractivity contribution is 7.15. The number of thiazole rings is 1. The molecule has 3 aromatic heterocycles. The van der Waals surface area contributed by atoms with Gasteiger partial charge in [-0.15, -0.1) is 32.9 Å². The fraction of sp³-hybridized carbons (Fsp3) is 0.480. The van der Waals surface area contributed by atoms with Gasteiger partial charge in [-0.25, -0.2) is 4.98 Å². The molecule has 5 N–H and O–H groups in total. The van der Waals surface area contributed by atoms with Crippen molar-refractivity contribution >= 4 is 63.6 Å². The number of carbonyl (C=O) groups is 4. The van der Waals surface area contributed by atoms with E-state index in [1.807, 2.05) is 93.2 Å². The topological polar surface area (TPSA) is 214 Å². The summed E-state index contributed by atoms with van der Waals surface area (Å²) in [6.45, 7) is 14.7. The molecule has 2 aliphatic rings. The summed E-state index contributed by atoms with van der Waals surface area (Å²) in [4.78, 5) is 67.8. The number of aliphatic hydroxyl groups excluding tert-OH is 1. The van der Waals surface area contributed by atoms with Crippen molar-refractivity contribution in [3.63, 3.8) is 0 Å². The number of β-amino-alcohol motifs (C(OH)–C–C–N with tert-alkyl or cyclic N) is 1. The summed E-state index contributed by atoms with van der Waals surface area (Å²) < 4.78 is 13.4. The summed E-state index contributed by atoms with van der Waals surface area (Å²) in [6.07, 6.45) is -0.300. The summed E-state index contributed by atoms with van der Waals surface area (Å²) in [6, 6.07) is 12.6. The van der Waals surface area contributed by atoms with E-state index in [0.29, 0.717) is 36.2 Å². The number of halogens is 1. The maximum absolute atomic E-state index is 14.2. The highest BCUT2D eigenvalue weighted by Gasteiger charge is 2.45. The number of thiophene rings is 1. The molecule has 0 spiro atoms. The first-order valence-electron chi connectivity index (χ1n) is 23.5. The van der Waals surface area contributed by atoms with Gasteiger partial charge in [0.25, 0.3) is 0 Å². The van der Waals surface area contributed by atoms with E-state index in [0.717, 1.165) is 54.0 Å². The Kier molecular flexibility index (Phi) is 17.4. The number of rotatable bonds is 20. The minimum atomic E-state index is -0.997. The molecular formula is C50H63ClN10O7S2. The molecule has 2 aromatic carbocycles. The Bertz CT molecular complexity index is 2680. The lowest BCUT2D eigenvalue weighted by molar-refractivity contribution is -0.144. The first-order chi connectivity index (χ1) is 33.4. The lowest BCUT2D eigenvalue weighted by Crippen LogP contribution is -2.58. The third-order valence-electron chi connectivity index (χ3n) is 12.4. The number of aryl methyl sites for hydroxylation is 3. The van der Waals surface area contributed by atoms with E-state index in [4.69, 9.17) is 26.1 Å². The number of amides is 4. The molecule has 2 aliphatic heterocycles. The van der Waals surface area contributed by atoms with Crippen molar-refractivity contribution in [2.45, 2.75) is 98.0 Å². The van der Waals surface area contributed by atoms with E-state index >= 15 is 0 Å². The number of benzene rings is 2. The third-order valence-corrected chi connectivity index (χ3v) is 14.9. The molecule has 7 rings (SSSR count). The number of nitrogens with zero attached hydrogens (tertiary/aromatic N) is 6. The van der Waals surface area contributed by atoms with Gasteiger partial charge in [-0.05, 0) is 75.4 Å². The van der Waals surface area contributed by atoms with Gasteiger partial charge in [0.2, 0.25) is 23.6 Å². The number of hydrogen-bond acceptors (Lipinski definition) is 14. The Hall–Kier alpha value is -5.41. The zero-order valence-corrected chi connectivity index (χ0v) is 43.3. The molecule has 0 bridgehead atoms. The zero-order chi connectivity index (χ0) is 50.3. The molecule has 0 radical (unpaired) electrons. The molecule has 5 heterocycles. The number of likely N-dealkylation sites (tertiary alicyclic amines) is 1. The number of ether oxygens (including phenoxy) is 2. The first-order valence-corrected chi connectivity index (χ1v) is 25.5. The quantitative estimate of drug-likeness (QED) is 0.0594. The summed E-state index contributed by atoms with van der Waals surface area (Å²) in [5.41, 5.74) is 7.72. The van der Waals surface area contributed by atoms with E-state index in [2.05, 4.69) is 50.3 Å². The van der Waals surface area contributed by atoms with Gasteiger partial charge in [0, 0.05) is 60.3 Å². The van der Waals surface area contributed by atoms with Crippen LogP contribution in [0.5, 0.6) is 0 Å². The van der Waals surface area contributed by atoms with Gasteiger partial charge in [-0.2, -0.15) is 0 Å². The Labute approximate surface area is 421 Å². The minimum absolute atomic E-state index is 0.0418. The van der Waals surface area contributed by atoms with Gasteiger partial charge in [0.05, 0.1) is 47.0 Å². The van der Waals surface area contributed by atoms with Gasteiger partial charge in [-0.1, -0.05) is 68.8 Å². The van der Waals surface area contributed by atoms with E-state index in [1.165, 1.54) is 4.90 Å². The average molecular weight is 1020 g/mol. The molecule has 4 amide bonds. The van der Waals surface area contributed by atoms with Crippen LogP contribution in [-0.2, 0) is 28.7 Å². The molecular weight excluding hydrogens is 952 g/mol. The van der Waals surface area contributed by atoms with Crippen molar-refractivity contribution in [2.24, 2.45) is 10.4 Å². The summed E-state index contributed by atoms with van der Waals surface area (Å²) >= 11 is 9.46. The van der Waals surface area contributed by atoms with Crippen LogP contribution in [0.25, 0.3) is 15.4 Å². The highest BCUT2D eigenvalue weighted by Crippen LogP contribution is 2.40. The first kappa shape index (κ1) is 52.4. The number of nitrogens with one attached hydrogen (secondary N) is 4. The summed E-state index contributed by atoms with van der Waals surface area (Å²) in [5, 5.41) is 33.2. The van der Waals surface area contributed by atoms with Crippen molar-refractivity contribution in [3.8, 4) is 15.4 Å². The fourth-order valence-corrected chi connectivity index (χ4v) is 10.8. The monoisotopic (exact) mass is 1010 g/mol. The van der Waals surface area contributed by atoms with E-state index < -0.39 is 53.4 Å². The third kappa shape index (κ3) is 12.4. The van der Waals surface area contributed by atoms with Crippen LogP contribution in [0.3, 0.4) is 0 Å². The van der Waals surface area contributed by atoms with Gasteiger partial charge in [0.1, 0.15) is 35.6 Å². The van der Waals surface area contributed by atoms with Gasteiger partial charge >= 0.3 is 0 Å². The second-order valence-electron chi connectivity index (χ2n) is 18.7. The summed E-state index contributed by atoms with van der Waals surface area (Å²) in [7, 11) is 1.80. The Morgan fingerprint density at radius 2 is 1.64 bits per heavy atom. The highest BCUT2D eigenvalue weighted by atomic mass is 35.5. The molecule has 1 saturated heterocycles.